The lowest BCUT2D eigenvalue weighted by atomic mass is 9.95. The van der Waals surface area contributed by atoms with E-state index in [2.05, 4.69) is 17.2 Å². The van der Waals surface area contributed by atoms with Gasteiger partial charge < -0.3 is 10.6 Å². The van der Waals surface area contributed by atoms with Crippen molar-refractivity contribution in [3.05, 3.63) is 12.3 Å². The minimum absolute atomic E-state index is 0.0285. The van der Waals surface area contributed by atoms with E-state index in [1.165, 1.54) is 0 Å². The summed E-state index contributed by atoms with van der Waals surface area (Å²) in [6.07, 6.45) is 0. The van der Waals surface area contributed by atoms with Gasteiger partial charge in [0, 0.05) is 11.5 Å². The van der Waals surface area contributed by atoms with Crippen molar-refractivity contribution in [2.24, 2.45) is 5.41 Å². The van der Waals surface area contributed by atoms with Crippen LogP contribution in [0.2, 0.25) is 0 Å². The van der Waals surface area contributed by atoms with E-state index < -0.39 is 5.41 Å². The van der Waals surface area contributed by atoms with Crippen LogP contribution < -0.4 is 10.6 Å². The third-order valence-electron chi connectivity index (χ3n) is 1.64. The Morgan fingerprint density at radius 2 is 1.67 bits per heavy atom. The van der Waals surface area contributed by atoms with Gasteiger partial charge in [-0.05, 0) is 13.8 Å². The lowest BCUT2D eigenvalue weighted by molar-refractivity contribution is -0.129. The largest absolute Gasteiger partial charge is 0.349 e. The number of rotatable bonds is 3. The summed E-state index contributed by atoms with van der Waals surface area (Å²) in [5.41, 5.74) is -0.440. The summed E-state index contributed by atoms with van der Waals surface area (Å²) >= 11 is 0. The Hall–Kier alpha value is -1.32. The number of hydrogen-bond donors (Lipinski definition) is 2. The maximum absolute atomic E-state index is 11.5. The van der Waals surface area contributed by atoms with E-state index in [-0.39, 0.29) is 23.6 Å². The smallest absolute Gasteiger partial charge is 0.267 e. The van der Waals surface area contributed by atoms with E-state index in [1.54, 1.807) is 20.8 Å². The zero-order valence-electron chi connectivity index (χ0n) is 10.1. The molecule has 0 heterocycles. The van der Waals surface area contributed by atoms with Crippen LogP contribution in [0.3, 0.4) is 0 Å². The predicted octanol–water partition coefficient (Wildman–Crippen LogP) is 1.19. The van der Waals surface area contributed by atoms with Crippen molar-refractivity contribution < 1.29 is 9.59 Å². The Labute approximate surface area is 91.1 Å². The summed E-state index contributed by atoms with van der Waals surface area (Å²) < 4.78 is 0. The Morgan fingerprint density at radius 1 is 1.20 bits per heavy atom. The normalized spacial score (nSPS) is 11.1. The standard InChI is InChI=1S/C11H20N2O2/c1-7(2)12-9(14)8(3)13-10(15)11(4,5)6/h7H,3H2,1-2,4-6H3,(H,12,14)(H,13,15). The van der Waals surface area contributed by atoms with Crippen molar-refractivity contribution in [1.82, 2.24) is 10.6 Å². The lowest BCUT2D eigenvalue weighted by Crippen LogP contribution is -2.41. The fourth-order valence-corrected chi connectivity index (χ4v) is 0.731. The quantitative estimate of drug-likeness (QED) is 0.690. The van der Waals surface area contributed by atoms with Gasteiger partial charge in [0.1, 0.15) is 0 Å². The first-order valence-electron chi connectivity index (χ1n) is 4.96. The molecule has 0 spiro atoms. The first kappa shape index (κ1) is 13.7. The summed E-state index contributed by atoms with van der Waals surface area (Å²) in [7, 11) is 0. The molecule has 4 nitrogen and oxygen atoms in total. The fraction of sp³-hybridized carbons (Fsp3) is 0.636. The molecule has 0 fully saturated rings. The molecule has 0 aromatic heterocycles. The first-order chi connectivity index (χ1) is 6.64. The maximum atomic E-state index is 11.5. The van der Waals surface area contributed by atoms with Crippen molar-refractivity contribution in [2.75, 3.05) is 0 Å². The maximum Gasteiger partial charge on any atom is 0.267 e. The number of carbonyl (C=O) groups excluding carboxylic acids is 2. The van der Waals surface area contributed by atoms with E-state index in [9.17, 15) is 9.59 Å². The predicted molar refractivity (Wildman–Crippen MR) is 60.0 cm³/mol. The van der Waals surface area contributed by atoms with Crippen LogP contribution in [0, 0.1) is 5.41 Å². The van der Waals surface area contributed by atoms with Gasteiger partial charge >= 0.3 is 0 Å². The van der Waals surface area contributed by atoms with E-state index in [0.717, 1.165) is 0 Å². The molecule has 0 bridgehead atoms. The van der Waals surface area contributed by atoms with Crippen molar-refractivity contribution >= 4 is 11.8 Å². The van der Waals surface area contributed by atoms with E-state index in [4.69, 9.17) is 0 Å². The third kappa shape index (κ3) is 5.20. The molecule has 0 rings (SSSR count). The average Bonchev–Trinajstić information content (AvgIpc) is 2.00. The van der Waals surface area contributed by atoms with Gasteiger partial charge in [-0.15, -0.1) is 0 Å². The van der Waals surface area contributed by atoms with E-state index in [1.807, 2.05) is 13.8 Å². The SMILES string of the molecule is C=C(NC(=O)C(C)(C)C)C(=O)NC(C)C. The average molecular weight is 212 g/mol. The van der Waals surface area contributed by atoms with Crippen LogP contribution in [-0.2, 0) is 9.59 Å². The molecule has 4 heteroatoms. The van der Waals surface area contributed by atoms with Gasteiger partial charge in [-0.25, -0.2) is 0 Å². The van der Waals surface area contributed by atoms with Crippen molar-refractivity contribution in [3.63, 3.8) is 0 Å². The molecule has 0 saturated carbocycles. The van der Waals surface area contributed by atoms with Gasteiger partial charge in [-0.2, -0.15) is 0 Å². The summed E-state index contributed by atoms with van der Waals surface area (Å²) in [6.45, 7) is 12.5. The lowest BCUT2D eigenvalue weighted by Gasteiger charge is -2.19. The molecule has 0 atom stereocenters. The number of hydrogen-bond acceptors (Lipinski definition) is 2. The Bertz CT molecular complexity index is 275. The van der Waals surface area contributed by atoms with Crippen LogP contribution in [-0.4, -0.2) is 17.9 Å². The van der Waals surface area contributed by atoms with Gasteiger partial charge in [0.05, 0.1) is 5.70 Å². The molecule has 86 valence electrons. The second-order valence-corrected chi connectivity index (χ2v) is 4.81. The zero-order valence-corrected chi connectivity index (χ0v) is 10.1. The Balaban J connectivity index is 4.27. The number of carbonyl (C=O) groups is 2. The van der Waals surface area contributed by atoms with E-state index in [0.29, 0.717) is 0 Å². The summed E-state index contributed by atoms with van der Waals surface area (Å²) in [6, 6.07) is 0.0285. The van der Waals surface area contributed by atoms with Gasteiger partial charge in [0.15, 0.2) is 0 Å². The molecule has 0 aliphatic carbocycles. The molecule has 2 N–H and O–H groups in total. The molecule has 0 saturated heterocycles. The van der Waals surface area contributed by atoms with Gasteiger partial charge in [0.25, 0.3) is 5.91 Å². The highest BCUT2D eigenvalue weighted by Crippen LogP contribution is 2.13. The number of amides is 2. The second kappa shape index (κ2) is 4.96. The molecule has 0 aromatic rings. The second-order valence-electron chi connectivity index (χ2n) is 4.81. The van der Waals surface area contributed by atoms with Crippen LogP contribution in [0.1, 0.15) is 34.6 Å². The molecule has 0 aromatic carbocycles. The number of nitrogens with one attached hydrogen (secondary N) is 2. The highest BCUT2D eigenvalue weighted by molar-refractivity contribution is 5.97. The molecule has 2 amide bonds. The molecule has 15 heavy (non-hydrogen) atoms. The van der Waals surface area contributed by atoms with Gasteiger partial charge in [-0.3, -0.25) is 9.59 Å². The monoisotopic (exact) mass is 212 g/mol. The van der Waals surface area contributed by atoms with Crippen LogP contribution in [0.5, 0.6) is 0 Å². The Kier molecular flexibility index (Phi) is 4.52. The molecule has 0 unspecified atom stereocenters. The summed E-state index contributed by atoms with van der Waals surface area (Å²) in [5.74, 6) is -0.561. The minimum atomic E-state index is -0.527. The molecular formula is C11H20N2O2. The van der Waals surface area contributed by atoms with Crippen LogP contribution >= 0.6 is 0 Å². The van der Waals surface area contributed by atoms with Crippen molar-refractivity contribution in [3.8, 4) is 0 Å². The van der Waals surface area contributed by atoms with E-state index >= 15 is 0 Å². The fourth-order valence-electron chi connectivity index (χ4n) is 0.731. The highest BCUT2D eigenvalue weighted by atomic mass is 16.2. The topological polar surface area (TPSA) is 58.2 Å². The molecule has 0 aliphatic rings. The summed E-state index contributed by atoms with van der Waals surface area (Å²) in [5, 5.41) is 5.13. The molecule has 0 aliphatic heterocycles. The van der Waals surface area contributed by atoms with Crippen molar-refractivity contribution in [1.29, 1.82) is 0 Å². The van der Waals surface area contributed by atoms with Crippen LogP contribution in [0.25, 0.3) is 0 Å². The van der Waals surface area contributed by atoms with Gasteiger partial charge in [-0.1, -0.05) is 27.4 Å². The highest BCUT2D eigenvalue weighted by Gasteiger charge is 2.23. The Morgan fingerprint density at radius 3 is 2.00 bits per heavy atom. The zero-order chi connectivity index (χ0) is 12.2. The summed E-state index contributed by atoms with van der Waals surface area (Å²) in [4.78, 5) is 22.9. The third-order valence-corrected chi connectivity index (χ3v) is 1.64. The first-order valence-corrected chi connectivity index (χ1v) is 4.96. The minimum Gasteiger partial charge on any atom is -0.349 e. The molecular weight excluding hydrogens is 192 g/mol. The molecule has 0 radical (unpaired) electrons. The van der Waals surface area contributed by atoms with Crippen molar-refractivity contribution in [2.45, 2.75) is 40.7 Å². The van der Waals surface area contributed by atoms with Crippen LogP contribution in [0.4, 0.5) is 0 Å². The van der Waals surface area contributed by atoms with Gasteiger partial charge in [0.2, 0.25) is 5.91 Å². The van der Waals surface area contributed by atoms with Crippen LogP contribution in [0.15, 0.2) is 12.3 Å².